The smallest absolute Gasteiger partial charge is 0.238 e. The molecule has 0 aliphatic rings. The lowest BCUT2D eigenvalue weighted by Crippen LogP contribution is -2.15. The molecule has 23 heavy (non-hydrogen) atoms. The van der Waals surface area contributed by atoms with Crippen LogP contribution in [0.4, 0.5) is 5.69 Å². The normalized spacial score (nSPS) is 12.7. The van der Waals surface area contributed by atoms with E-state index < -0.39 is 10.0 Å². The lowest BCUT2D eigenvalue weighted by molar-refractivity contribution is -0.116. The molecule has 0 heterocycles. The van der Waals surface area contributed by atoms with Crippen LogP contribution >= 0.6 is 11.6 Å². The predicted octanol–water partition coefficient (Wildman–Crippen LogP) is 3.12. The van der Waals surface area contributed by atoms with E-state index in [4.69, 9.17) is 16.7 Å². The Kier molecular flexibility index (Phi) is 5.41. The van der Waals surface area contributed by atoms with Crippen molar-refractivity contribution in [2.24, 2.45) is 5.14 Å². The van der Waals surface area contributed by atoms with Crippen molar-refractivity contribution < 1.29 is 13.2 Å². The van der Waals surface area contributed by atoms with Crippen LogP contribution in [0.3, 0.4) is 0 Å². The highest BCUT2D eigenvalue weighted by atomic mass is 35.5. The molecule has 0 aliphatic heterocycles. The van der Waals surface area contributed by atoms with E-state index in [2.05, 4.69) is 5.32 Å². The van der Waals surface area contributed by atoms with Gasteiger partial charge in [0.25, 0.3) is 0 Å². The van der Waals surface area contributed by atoms with E-state index in [1.807, 2.05) is 37.3 Å². The number of nitrogens with two attached hydrogens (primary N) is 1. The molecule has 0 radical (unpaired) electrons. The third-order valence-corrected chi connectivity index (χ3v) is 4.63. The van der Waals surface area contributed by atoms with Crippen LogP contribution in [-0.2, 0) is 14.8 Å². The first-order chi connectivity index (χ1) is 10.8. The summed E-state index contributed by atoms with van der Waals surface area (Å²) in [6, 6.07) is 13.6. The Morgan fingerprint density at radius 2 is 1.87 bits per heavy atom. The molecule has 2 aromatic carbocycles. The van der Waals surface area contributed by atoms with E-state index in [9.17, 15) is 13.2 Å². The van der Waals surface area contributed by atoms with Crippen LogP contribution in [0.2, 0.25) is 5.02 Å². The van der Waals surface area contributed by atoms with E-state index in [0.717, 1.165) is 5.56 Å². The second-order valence-corrected chi connectivity index (χ2v) is 7.22. The van der Waals surface area contributed by atoms with Crippen LogP contribution in [-0.4, -0.2) is 14.3 Å². The highest BCUT2D eigenvalue weighted by Gasteiger charge is 2.14. The van der Waals surface area contributed by atoms with Gasteiger partial charge in [-0.1, -0.05) is 48.9 Å². The molecule has 1 unspecified atom stereocenters. The third-order valence-electron chi connectivity index (χ3n) is 3.40. The first kappa shape index (κ1) is 17.5. The van der Waals surface area contributed by atoms with E-state index >= 15 is 0 Å². The maximum Gasteiger partial charge on any atom is 0.238 e. The number of rotatable bonds is 5. The minimum Gasteiger partial charge on any atom is -0.325 e. The number of hydrogen-bond acceptors (Lipinski definition) is 3. The summed E-state index contributed by atoms with van der Waals surface area (Å²) in [6.07, 6.45) is 0.289. The predicted molar refractivity (Wildman–Crippen MR) is 90.9 cm³/mol. The SMILES string of the molecule is CC(CC(=O)Nc1ccc(S(N)(=O)=O)cc1Cl)c1ccccc1. The highest BCUT2D eigenvalue weighted by molar-refractivity contribution is 7.89. The van der Waals surface area contributed by atoms with Gasteiger partial charge in [-0.15, -0.1) is 0 Å². The molecule has 5 nitrogen and oxygen atoms in total. The number of halogens is 1. The summed E-state index contributed by atoms with van der Waals surface area (Å²) in [6.45, 7) is 1.96. The molecule has 1 amide bonds. The van der Waals surface area contributed by atoms with Crippen LogP contribution in [0, 0.1) is 0 Å². The fraction of sp³-hybridized carbons (Fsp3) is 0.188. The molecular weight excluding hydrogens is 336 g/mol. The molecule has 0 bridgehead atoms. The number of nitrogens with one attached hydrogen (secondary N) is 1. The van der Waals surface area contributed by atoms with Gasteiger partial charge in [-0.3, -0.25) is 4.79 Å². The first-order valence-corrected chi connectivity index (χ1v) is 8.87. The van der Waals surface area contributed by atoms with Crippen LogP contribution < -0.4 is 10.5 Å². The second kappa shape index (κ2) is 7.12. The standard InChI is InChI=1S/C16H17ClN2O3S/c1-11(12-5-3-2-4-6-12)9-16(20)19-15-8-7-13(10-14(15)17)23(18,21)22/h2-8,10-11H,9H2,1H3,(H,19,20)(H2,18,21,22). The van der Waals surface area contributed by atoms with Crippen LogP contribution in [0.5, 0.6) is 0 Å². The highest BCUT2D eigenvalue weighted by Crippen LogP contribution is 2.26. The Hall–Kier alpha value is -1.89. The quantitative estimate of drug-likeness (QED) is 0.866. The molecule has 0 fully saturated rings. The summed E-state index contributed by atoms with van der Waals surface area (Å²) in [5, 5.41) is 7.84. The summed E-state index contributed by atoms with van der Waals surface area (Å²) in [5.41, 5.74) is 1.42. The van der Waals surface area contributed by atoms with Gasteiger partial charge in [-0.25, -0.2) is 13.6 Å². The van der Waals surface area contributed by atoms with Gasteiger partial charge in [0.1, 0.15) is 0 Å². The lowest BCUT2D eigenvalue weighted by atomic mass is 9.97. The number of amides is 1. The van der Waals surface area contributed by atoms with Crippen LogP contribution in [0.1, 0.15) is 24.8 Å². The second-order valence-electron chi connectivity index (χ2n) is 5.25. The van der Waals surface area contributed by atoms with Gasteiger partial charge in [0.15, 0.2) is 0 Å². The minimum atomic E-state index is -3.82. The zero-order chi connectivity index (χ0) is 17.0. The van der Waals surface area contributed by atoms with Gasteiger partial charge in [-0.2, -0.15) is 0 Å². The van der Waals surface area contributed by atoms with Crippen molar-refractivity contribution in [1.82, 2.24) is 0 Å². The lowest BCUT2D eigenvalue weighted by Gasteiger charge is -2.13. The fourth-order valence-corrected chi connectivity index (χ4v) is 2.99. The molecular formula is C16H17ClN2O3S. The topological polar surface area (TPSA) is 89.3 Å². The first-order valence-electron chi connectivity index (χ1n) is 6.94. The summed E-state index contributed by atoms with van der Waals surface area (Å²) in [4.78, 5) is 12.0. The van der Waals surface area contributed by atoms with E-state index in [-0.39, 0.29) is 28.2 Å². The summed E-state index contributed by atoms with van der Waals surface area (Å²) in [7, 11) is -3.82. The Morgan fingerprint density at radius 1 is 1.22 bits per heavy atom. The van der Waals surface area contributed by atoms with Crippen molar-refractivity contribution in [3.8, 4) is 0 Å². The maximum atomic E-state index is 12.1. The number of hydrogen-bond donors (Lipinski definition) is 2. The van der Waals surface area contributed by atoms with Crippen molar-refractivity contribution in [3.05, 3.63) is 59.1 Å². The summed E-state index contributed by atoms with van der Waals surface area (Å²) in [5.74, 6) is -0.148. The monoisotopic (exact) mass is 352 g/mol. The molecule has 0 saturated carbocycles. The van der Waals surface area contributed by atoms with Crippen molar-refractivity contribution >= 4 is 33.2 Å². The molecule has 122 valence electrons. The van der Waals surface area contributed by atoms with Gasteiger partial charge in [0.05, 0.1) is 15.6 Å². The number of primary sulfonamides is 1. The molecule has 0 aromatic heterocycles. The molecule has 0 spiro atoms. The zero-order valence-electron chi connectivity index (χ0n) is 12.5. The van der Waals surface area contributed by atoms with Crippen molar-refractivity contribution in [2.45, 2.75) is 24.2 Å². The Labute approximate surface area is 140 Å². The van der Waals surface area contributed by atoms with Gasteiger partial charge in [0, 0.05) is 6.42 Å². The number of anilines is 1. The molecule has 7 heteroatoms. The van der Waals surface area contributed by atoms with Crippen molar-refractivity contribution in [1.29, 1.82) is 0 Å². The number of benzene rings is 2. The van der Waals surface area contributed by atoms with Gasteiger partial charge < -0.3 is 5.32 Å². The molecule has 2 aromatic rings. The Morgan fingerprint density at radius 3 is 2.43 bits per heavy atom. The van der Waals surface area contributed by atoms with Gasteiger partial charge in [-0.05, 0) is 29.7 Å². The Balaban J connectivity index is 2.06. The number of sulfonamides is 1. The average Bonchev–Trinajstić information content (AvgIpc) is 2.49. The van der Waals surface area contributed by atoms with Crippen molar-refractivity contribution in [2.75, 3.05) is 5.32 Å². The number of carbonyl (C=O) groups excluding carboxylic acids is 1. The van der Waals surface area contributed by atoms with Crippen LogP contribution in [0.25, 0.3) is 0 Å². The molecule has 3 N–H and O–H groups in total. The minimum absolute atomic E-state index is 0.0543. The van der Waals surface area contributed by atoms with E-state index in [1.165, 1.54) is 18.2 Å². The Bertz CT molecular complexity index is 807. The van der Waals surface area contributed by atoms with Crippen molar-refractivity contribution in [3.63, 3.8) is 0 Å². The fourth-order valence-electron chi connectivity index (χ4n) is 2.15. The molecule has 1 atom stereocenters. The summed E-state index contributed by atoms with van der Waals surface area (Å²) < 4.78 is 22.5. The van der Waals surface area contributed by atoms with Crippen LogP contribution in [0.15, 0.2) is 53.4 Å². The summed E-state index contributed by atoms with van der Waals surface area (Å²) >= 11 is 6.00. The molecule has 0 saturated heterocycles. The van der Waals surface area contributed by atoms with E-state index in [1.54, 1.807) is 0 Å². The molecule has 2 rings (SSSR count). The largest absolute Gasteiger partial charge is 0.325 e. The zero-order valence-corrected chi connectivity index (χ0v) is 14.1. The molecule has 0 aliphatic carbocycles. The average molecular weight is 353 g/mol. The van der Waals surface area contributed by atoms with Gasteiger partial charge in [0.2, 0.25) is 15.9 Å². The number of carbonyl (C=O) groups is 1. The van der Waals surface area contributed by atoms with E-state index in [0.29, 0.717) is 5.69 Å². The maximum absolute atomic E-state index is 12.1. The van der Waals surface area contributed by atoms with Gasteiger partial charge >= 0.3 is 0 Å². The third kappa shape index (κ3) is 4.79.